The highest BCUT2D eigenvalue weighted by Gasteiger charge is 2.35. The highest BCUT2D eigenvalue weighted by molar-refractivity contribution is 5.83. The van der Waals surface area contributed by atoms with Crippen LogP contribution in [0.15, 0.2) is 42.5 Å². The Bertz CT molecular complexity index is 422. The molecule has 1 amide bonds. The summed E-state index contributed by atoms with van der Waals surface area (Å²) >= 11 is 0. The monoisotopic (exact) mass is 229 g/mol. The third kappa shape index (κ3) is 2.41. The van der Waals surface area contributed by atoms with Gasteiger partial charge in [-0.2, -0.15) is 0 Å². The number of amides is 1. The number of hydrogen-bond acceptors (Lipinski definition) is 1. The van der Waals surface area contributed by atoms with Crippen LogP contribution in [0, 0.1) is 5.92 Å². The van der Waals surface area contributed by atoms with E-state index in [2.05, 4.69) is 32.6 Å². The molecule has 2 rings (SSSR count). The van der Waals surface area contributed by atoms with Gasteiger partial charge in [0.1, 0.15) is 0 Å². The highest BCUT2D eigenvalue weighted by Crippen LogP contribution is 2.30. The Hall–Kier alpha value is -1.57. The van der Waals surface area contributed by atoms with Gasteiger partial charge in [0.05, 0.1) is 6.04 Å². The Morgan fingerprint density at radius 2 is 2.00 bits per heavy atom. The van der Waals surface area contributed by atoms with Gasteiger partial charge in [-0.1, -0.05) is 50.8 Å². The van der Waals surface area contributed by atoms with Crippen LogP contribution >= 0.6 is 0 Å². The number of carbonyl (C=O) groups is 1. The zero-order valence-electron chi connectivity index (χ0n) is 10.5. The zero-order chi connectivity index (χ0) is 12.4. The summed E-state index contributed by atoms with van der Waals surface area (Å²) in [6.07, 6.45) is 0.510. The molecule has 0 radical (unpaired) electrons. The molecule has 0 bridgehead atoms. The number of hydrogen-bond donors (Lipinski definition) is 0. The van der Waals surface area contributed by atoms with Crippen molar-refractivity contribution < 1.29 is 4.79 Å². The Balaban J connectivity index is 2.19. The fourth-order valence-electron chi connectivity index (χ4n) is 2.57. The molecule has 1 aromatic carbocycles. The molecule has 2 nitrogen and oxygen atoms in total. The smallest absolute Gasteiger partial charge is 0.227 e. The molecule has 0 spiro atoms. The van der Waals surface area contributed by atoms with Crippen LogP contribution in [-0.2, 0) is 11.3 Å². The first kappa shape index (κ1) is 11.9. The standard InChI is InChI=1S/C15H19NO/c1-11(2)15-12(3)9-14(17)16(15)10-13-7-5-4-6-8-13/h4-8,11,15H,3,9-10H2,1-2H3. The van der Waals surface area contributed by atoms with E-state index in [-0.39, 0.29) is 11.9 Å². The molecule has 1 aliphatic heterocycles. The first-order valence-corrected chi connectivity index (χ1v) is 6.10. The lowest BCUT2D eigenvalue weighted by atomic mass is 9.98. The summed E-state index contributed by atoms with van der Waals surface area (Å²) in [5, 5.41) is 0. The van der Waals surface area contributed by atoms with Gasteiger partial charge < -0.3 is 4.90 Å². The molecule has 1 heterocycles. The van der Waals surface area contributed by atoms with Crippen molar-refractivity contribution in [3.05, 3.63) is 48.0 Å². The van der Waals surface area contributed by atoms with Crippen LogP contribution in [-0.4, -0.2) is 16.8 Å². The fraction of sp³-hybridized carbons (Fsp3) is 0.400. The van der Waals surface area contributed by atoms with E-state index < -0.39 is 0 Å². The van der Waals surface area contributed by atoms with Crippen molar-refractivity contribution in [1.82, 2.24) is 4.90 Å². The molecule has 1 atom stereocenters. The minimum Gasteiger partial charge on any atom is -0.331 e. The minimum absolute atomic E-state index is 0.197. The van der Waals surface area contributed by atoms with Gasteiger partial charge in [0.15, 0.2) is 0 Å². The van der Waals surface area contributed by atoms with Crippen molar-refractivity contribution in [3.63, 3.8) is 0 Å². The molecule has 2 heteroatoms. The highest BCUT2D eigenvalue weighted by atomic mass is 16.2. The minimum atomic E-state index is 0.197. The zero-order valence-corrected chi connectivity index (χ0v) is 10.5. The average Bonchev–Trinajstić information content (AvgIpc) is 2.55. The van der Waals surface area contributed by atoms with Crippen LogP contribution in [0.3, 0.4) is 0 Å². The molecule has 90 valence electrons. The van der Waals surface area contributed by atoms with E-state index in [0.29, 0.717) is 18.9 Å². The number of rotatable bonds is 3. The molecule has 0 aromatic heterocycles. The van der Waals surface area contributed by atoms with E-state index in [9.17, 15) is 4.79 Å². The Morgan fingerprint density at radius 3 is 2.59 bits per heavy atom. The summed E-state index contributed by atoms with van der Waals surface area (Å²) in [6.45, 7) is 9.02. The maximum Gasteiger partial charge on any atom is 0.227 e. The third-order valence-electron chi connectivity index (χ3n) is 3.28. The first-order valence-electron chi connectivity index (χ1n) is 6.10. The van der Waals surface area contributed by atoms with Gasteiger partial charge in [0, 0.05) is 13.0 Å². The van der Waals surface area contributed by atoms with Crippen LogP contribution in [0.25, 0.3) is 0 Å². The van der Waals surface area contributed by atoms with Crippen LogP contribution in [0.2, 0.25) is 0 Å². The van der Waals surface area contributed by atoms with Crippen molar-refractivity contribution in [2.75, 3.05) is 0 Å². The van der Waals surface area contributed by atoms with Crippen molar-refractivity contribution >= 4 is 5.91 Å². The second kappa shape index (κ2) is 4.74. The van der Waals surface area contributed by atoms with E-state index in [1.807, 2.05) is 23.1 Å². The number of carbonyl (C=O) groups excluding carboxylic acids is 1. The molecule has 1 unspecified atom stereocenters. The Morgan fingerprint density at radius 1 is 1.35 bits per heavy atom. The van der Waals surface area contributed by atoms with Gasteiger partial charge in [-0.25, -0.2) is 0 Å². The summed E-state index contributed by atoms with van der Waals surface area (Å²) in [5.74, 6) is 0.634. The van der Waals surface area contributed by atoms with Crippen molar-refractivity contribution in [2.24, 2.45) is 5.92 Å². The number of nitrogens with zero attached hydrogens (tertiary/aromatic N) is 1. The van der Waals surface area contributed by atoms with Crippen molar-refractivity contribution in [1.29, 1.82) is 0 Å². The summed E-state index contributed by atoms with van der Waals surface area (Å²) in [6, 6.07) is 10.3. The lowest BCUT2D eigenvalue weighted by Crippen LogP contribution is -2.36. The number of likely N-dealkylation sites (tertiary alicyclic amines) is 1. The molecular weight excluding hydrogens is 210 g/mol. The Kier molecular flexibility index (Phi) is 3.32. The average molecular weight is 229 g/mol. The lowest BCUT2D eigenvalue weighted by molar-refractivity contribution is -0.130. The maximum absolute atomic E-state index is 12.0. The largest absolute Gasteiger partial charge is 0.331 e. The van der Waals surface area contributed by atoms with Gasteiger partial charge in [0.25, 0.3) is 0 Å². The molecule has 1 aromatic rings. The van der Waals surface area contributed by atoms with Gasteiger partial charge in [-0.3, -0.25) is 4.79 Å². The normalized spacial score (nSPS) is 20.4. The summed E-state index contributed by atoms with van der Waals surface area (Å²) < 4.78 is 0. The maximum atomic E-state index is 12.0. The molecular formula is C15H19NO. The lowest BCUT2D eigenvalue weighted by Gasteiger charge is -2.28. The topological polar surface area (TPSA) is 20.3 Å². The predicted molar refractivity (Wildman–Crippen MR) is 69.4 cm³/mol. The summed E-state index contributed by atoms with van der Waals surface area (Å²) in [7, 11) is 0. The fourth-order valence-corrected chi connectivity index (χ4v) is 2.57. The predicted octanol–water partition coefficient (Wildman–Crippen LogP) is 3.00. The van der Waals surface area contributed by atoms with Crippen LogP contribution in [0.4, 0.5) is 0 Å². The quantitative estimate of drug-likeness (QED) is 0.730. The number of benzene rings is 1. The van der Waals surface area contributed by atoms with E-state index in [4.69, 9.17) is 0 Å². The van der Waals surface area contributed by atoms with E-state index in [1.54, 1.807) is 0 Å². The second-order valence-corrected chi connectivity index (χ2v) is 5.03. The van der Waals surface area contributed by atoms with Gasteiger partial charge in [-0.15, -0.1) is 0 Å². The summed E-state index contributed by atoms with van der Waals surface area (Å²) in [5.41, 5.74) is 2.24. The molecule has 0 saturated carbocycles. The molecule has 1 saturated heterocycles. The Labute approximate surface area is 103 Å². The van der Waals surface area contributed by atoms with Gasteiger partial charge in [0.2, 0.25) is 5.91 Å². The van der Waals surface area contributed by atoms with E-state index in [0.717, 1.165) is 5.57 Å². The van der Waals surface area contributed by atoms with Crippen molar-refractivity contribution in [3.8, 4) is 0 Å². The van der Waals surface area contributed by atoms with Crippen LogP contribution < -0.4 is 0 Å². The first-order chi connectivity index (χ1) is 8.09. The van der Waals surface area contributed by atoms with Gasteiger partial charge >= 0.3 is 0 Å². The van der Waals surface area contributed by atoms with Crippen LogP contribution in [0.1, 0.15) is 25.8 Å². The summed E-state index contributed by atoms with van der Waals surface area (Å²) in [4.78, 5) is 13.9. The second-order valence-electron chi connectivity index (χ2n) is 5.03. The van der Waals surface area contributed by atoms with Crippen molar-refractivity contribution in [2.45, 2.75) is 32.9 Å². The molecule has 1 fully saturated rings. The molecule has 0 N–H and O–H groups in total. The van der Waals surface area contributed by atoms with Crippen LogP contribution in [0.5, 0.6) is 0 Å². The van der Waals surface area contributed by atoms with Gasteiger partial charge in [-0.05, 0) is 17.1 Å². The molecule has 1 aliphatic rings. The SMILES string of the molecule is C=C1CC(=O)N(Cc2ccccc2)C1C(C)C. The molecule has 17 heavy (non-hydrogen) atoms. The molecule has 0 aliphatic carbocycles. The van der Waals surface area contributed by atoms with E-state index in [1.165, 1.54) is 5.56 Å². The third-order valence-corrected chi connectivity index (χ3v) is 3.28. The van der Waals surface area contributed by atoms with E-state index >= 15 is 0 Å².